The lowest BCUT2D eigenvalue weighted by molar-refractivity contribution is -0.384. The number of tetrazole rings is 1. The van der Waals surface area contributed by atoms with Gasteiger partial charge in [0, 0.05) is 34.9 Å². The Labute approximate surface area is 156 Å². The zero-order valence-corrected chi connectivity index (χ0v) is 15.2. The SMILES string of the molecule is CN(C(=O)Cn1nnc(-c2ccc(Br)cc2)n1)c1ccc([N+](=O)[O-])cc1. The molecule has 0 aliphatic rings. The average Bonchev–Trinajstić information content (AvgIpc) is 3.10. The molecule has 3 rings (SSSR count). The minimum Gasteiger partial charge on any atom is -0.314 e. The lowest BCUT2D eigenvalue weighted by Crippen LogP contribution is -2.30. The van der Waals surface area contributed by atoms with Crippen LogP contribution in [0, 0.1) is 10.1 Å². The van der Waals surface area contributed by atoms with E-state index in [0.29, 0.717) is 11.5 Å². The van der Waals surface area contributed by atoms with Crippen molar-refractivity contribution in [2.45, 2.75) is 6.54 Å². The van der Waals surface area contributed by atoms with Crippen molar-refractivity contribution in [2.75, 3.05) is 11.9 Å². The van der Waals surface area contributed by atoms with Crippen LogP contribution in [0.2, 0.25) is 0 Å². The molecule has 10 heteroatoms. The fourth-order valence-corrected chi connectivity index (χ4v) is 2.46. The monoisotopic (exact) mass is 416 g/mol. The molecule has 9 nitrogen and oxygen atoms in total. The Morgan fingerprint density at radius 1 is 1.19 bits per heavy atom. The lowest BCUT2D eigenvalue weighted by Gasteiger charge is -2.16. The molecule has 1 amide bonds. The van der Waals surface area contributed by atoms with E-state index in [2.05, 4.69) is 31.3 Å². The van der Waals surface area contributed by atoms with Gasteiger partial charge in [-0.15, -0.1) is 10.2 Å². The summed E-state index contributed by atoms with van der Waals surface area (Å²) < 4.78 is 0.938. The Morgan fingerprint density at radius 2 is 1.85 bits per heavy atom. The number of nitro benzene ring substituents is 1. The standard InChI is InChI=1S/C16H13BrN6O3/c1-21(13-6-8-14(9-7-13)23(25)26)15(24)10-22-19-16(18-20-22)11-2-4-12(17)5-3-11/h2-9H,10H2,1H3. The van der Waals surface area contributed by atoms with E-state index in [1.165, 1.54) is 34.0 Å². The third kappa shape index (κ3) is 3.91. The number of carbonyl (C=O) groups is 1. The maximum atomic E-state index is 12.4. The number of carbonyl (C=O) groups excluding carboxylic acids is 1. The van der Waals surface area contributed by atoms with E-state index in [4.69, 9.17) is 0 Å². The second kappa shape index (κ2) is 7.40. The molecule has 1 heterocycles. The maximum Gasteiger partial charge on any atom is 0.269 e. The van der Waals surface area contributed by atoms with E-state index in [1.54, 1.807) is 7.05 Å². The number of nitro groups is 1. The maximum absolute atomic E-state index is 12.4. The molecule has 0 aliphatic heterocycles. The zero-order valence-electron chi connectivity index (χ0n) is 13.6. The number of nitrogens with zero attached hydrogens (tertiary/aromatic N) is 6. The van der Waals surface area contributed by atoms with Crippen LogP contribution in [0.5, 0.6) is 0 Å². The molecule has 0 atom stereocenters. The van der Waals surface area contributed by atoms with Crippen molar-refractivity contribution in [1.82, 2.24) is 20.2 Å². The van der Waals surface area contributed by atoms with Crippen LogP contribution in [0.1, 0.15) is 0 Å². The molecular formula is C16H13BrN6O3. The van der Waals surface area contributed by atoms with Gasteiger partial charge in [0.15, 0.2) is 0 Å². The third-order valence-corrected chi connectivity index (χ3v) is 4.18. The van der Waals surface area contributed by atoms with Gasteiger partial charge in [0.25, 0.3) is 5.69 Å². The number of hydrogen-bond acceptors (Lipinski definition) is 6. The van der Waals surface area contributed by atoms with Gasteiger partial charge in [0.2, 0.25) is 11.7 Å². The van der Waals surface area contributed by atoms with Crippen LogP contribution in [-0.4, -0.2) is 38.1 Å². The van der Waals surface area contributed by atoms with Crippen molar-refractivity contribution in [2.24, 2.45) is 0 Å². The van der Waals surface area contributed by atoms with E-state index in [0.717, 1.165) is 10.0 Å². The fraction of sp³-hybridized carbons (Fsp3) is 0.125. The minimum atomic E-state index is -0.491. The predicted molar refractivity (Wildman–Crippen MR) is 97.5 cm³/mol. The predicted octanol–water partition coefficient (Wildman–Crippen LogP) is 2.67. The molecule has 0 aliphatic carbocycles. The van der Waals surface area contributed by atoms with E-state index in [1.807, 2.05) is 24.3 Å². The first-order valence-corrected chi connectivity index (χ1v) is 8.28. The van der Waals surface area contributed by atoms with Gasteiger partial charge in [0.05, 0.1) is 4.92 Å². The van der Waals surface area contributed by atoms with Gasteiger partial charge < -0.3 is 4.90 Å². The third-order valence-electron chi connectivity index (χ3n) is 3.65. The van der Waals surface area contributed by atoms with Crippen molar-refractivity contribution in [3.05, 3.63) is 63.1 Å². The number of non-ortho nitro benzene ring substituents is 1. The first-order chi connectivity index (χ1) is 12.4. The summed E-state index contributed by atoms with van der Waals surface area (Å²) in [5.41, 5.74) is 1.29. The Bertz CT molecular complexity index is 939. The molecule has 0 saturated heterocycles. The van der Waals surface area contributed by atoms with E-state index < -0.39 is 4.92 Å². The van der Waals surface area contributed by atoms with Gasteiger partial charge >= 0.3 is 0 Å². The smallest absolute Gasteiger partial charge is 0.269 e. The van der Waals surface area contributed by atoms with Crippen molar-refractivity contribution >= 4 is 33.2 Å². The van der Waals surface area contributed by atoms with Crippen LogP contribution >= 0.6 is 15.9 Å². The number of likely N-dealkylation sites (N-methyl/N-ethyl adjacent to an activating group) is 1. The summed E-state index contributed by atoms with van der Waals surface area (Å²) in [6.45, 7) is -0.100. The Morgan fingerprint density at radius 3 is 2.46 bits per heavy atom. The molecule has 2 aromatic carbocycles. The number of rotatable bonds is 5. The molecule has 0 bridgehead atoms. The quantitative estimate of drug-likeness (QED) is 0.467. The van der Waals surface area contributed by atoms with Crippen LogP contribution in [0.25, 0.3) is 11.4 Å². The Hall–Kier alpha value is -3.14. The molecule has 0 unspecified atom stereocenters. The Kier molecular flexibility index (Phi) is 5.03. The van der Waals surface area contributed by atoms with Gasteiger partial charge in [-0.3, -0.25) is 14.9 Å². The van der Waals surface area contributed by atoms with Crippen LogP contribution < -0.4 is 4.90 Å². The summed E-state index contributed by atoms with van der Waals surface area (Å²) in [6.07, 6.45) is 0. The second-order valence-electron chi connectivity index (χ2n) is 5.38. The van der Waals surface area contributed by atoms with Gasteiger partial charge in [-0.1, -0.05) is 15.9 Å². The summed E-state index contributed by atoms with van der Waals surface area (Å²) in [6, 6.07) is 13.1. The van der Waals surface area contributed by atoms with Crippen LogP contribution in [0.4, 0.5) is 11.4 Å². The fourth-order valence-electron chi connectivity index (χ4n) is 2.19. The van der Waals surface area contributed by atoms with Crippen molar-refractivity contribution in [3.63, 3.8) is 0 Å². The molecule has 0 N–H and O–H groups in total. The van der Waals surface area contributed by atoms with E-state index in [-0.39, 0.29) is 18.1 Å². The molecule has 0 spiro atoms. The van der Waals surface area contributed by atoms with Gasteiger partial charge in [-0.25, -0.2) is 0 Å². The molecule has 1 aromatic heterocycles. The highest BCUT2D eigenvalue weighted by Crippen LogP contribution is 2.19. The number of benzene rings is 2. The Balaban J connectivity index is 1.69. The number of amides is 1. The van der Waals surface area contributed by atoms with E-state index >= 15 is 0 Å². The summed E-state index contributed by atoms with van der Waals surface area (Å²) in [7, 11) is 1.58. The van der Waals surface area contributed by atoms with Gasteiger partial charge in [0.1, 0.15) is 6.54 Å². The molecule has 3 aromatic rings. The highest BCUT2D eigenvalue weighted by molar-refractivity contribution is 9.10. The summed E-state index contributed by atoms with van der Waals surface area (Å²) in [4.78, 5) is 25.2. The number of aromatic nitrogens is 4. The number of halogens is 1. The number of hydrogen-bond donors (Lipinski definition) is 0. The molecule has 0 radical (unpaired) electrons. The molecule has 0 saturated carbocycles. The van der Waals surface area contributed by atoms with Crippen LogP contribution in [0.3, 0.4) is 0 Å². The van der Waals surface area contributed by atoms with E-state index in [9.17, 15) is 14.9 Å². The largest absolute Gasteiger partial charge is 0.314 e. The molecule has 26 heavy (non-hydrogen) atoms. The average molecular weight is 417 g/mol. The topological polar surface area (TPSA) is 107 Å². The highest BCUT2D eigenvalue weighted by Gasteiger charge is 2.15. The normalized spacial score (nSPS) is 10.5. The minimum absolute atomic E-state index is 0.0355. The van der Waals surface area contributed by atoms with Gasteiger partial charge in [-0.2, -0.15) is 4.80 Å². The molecular weight excluding hydrogens is 404 g/mol. The van der Waals surface area contributed by atoms with Crippen molar-refractivity contribution in [3.8, 4) is 11.4 Å². The first-order valence-electron chi connectivity index (χ1n) is 7.49. The first kappa shape index (κ1) is 17.7. The number of anilines is 1. The van der Waals surface area contributed by atoms with Gasteiger partial charge in [-0.05, 0) is 41.6 Å². The molecule has 132 valence electrons. The lowest BCUT2D eigenvalue weighted by atomic mass is 10.2. The zero-order chi connectivity index (χ0) is 18.7. The summed E-state index contributed by atoms with van der Waals surface area (Å²) in [5, 5.41) is 22.7. The summed E-state index contributed by atoms with van der Waals surface area (Å²) >= 11 is 3.36. The van der Waals surface area contributed by atoms with Crippen LogP contribution in [-0.2, 0) is 11.3 Å². The summed E-state index contributed by atoms with van der Waals surface area (Å²) in [5.74, 6) is 0.141. The highest BCUT2D eigenvalue weighted by atomic mass is 79.9. The van der Waals surface area contributed by atoms with Crippen LogP contribution in [0.15, 0.2) is 53.0 Å². The van der Waals surface area contributed by atoms with Crippen molar-refractivity contribution < 1.29 is 9.72 Å². The second-order valence-corrected chi connectivity index (χ2v) is 6.29. The molecule has 0 fully saturated rings. The van der Waals surface area contributed by atoms with Crippen molar-refractivity contribution in [1.29, 1.82) is 0 Å².